The van der Waals surface area contributed by atoms with Gasteiger partial charge in [-0.05, 0) is 13.3 Å². The van der Waals surface area contributed by atoms with Gasteiger partial charge in [-0.15, -0.1) is 0 Å². The second-order valence-corrected chi connectivity index (χ2v) is 3.95. The molecule has 0 bridgehead atoms. The van der Waals surface area contributed by atoms with Crippen LogP contribution in [0.3, 0.4) is 0 Å². The van der Waals surface area contributed by atoms with Crippen LogP contribution in [0.25, 0.3) is 0 Å². The summed E-state index contributed by atoms with van der Waals surface area (Å²) in [6, 6.07) is 7.51. The van der Waals surface area contributed by atoms with E-state index in [1.54, 1.807) is 0 Å². The van der Waals surface area contributed by atoms with Crippen molar-refractivity contribution in [2.24, 2.45) is 0 Å². The van der Waals surface area contributed by atoms with Gasteiger partial charge in [-0.25, -0.2) is 0 Å². The van der Waals surface area contributed by atoms with Crippen LogP contribution < -0.4 is 0 Å². The third-order valence-corrected chi connectivity index (χ3v) is 2.33. The topological polar surface area (TPSA) is 35.5 Å². The van der Waals surface area contributed by atoms with Crippen molar-refractivity contribution in [3.63, 3.8) is 0 Å². The van der Waals surface area contributed by atoms with E-state index >= 15 is 0 Å². The number of hydrogen-bond donors (Lipinski definition) is 0. The van der Waals surface area contributed by atoms with Crippen LogP contribution in [0.15, 0.2) is 24.3 Å². The number of hydrogen-bond acceptors (Lipinski definition) is 3. The minimum absolute atomic E-state index is 0.0143. The molecule has 0 aliphatic carbocycles. The number of benzene rings is 1. The molecule has 0 atom stereocenters. The smallest absolute Gasteiger partial charge is 0.188 e. The number of aryl methyl sites for hydroxylation is 1. The first kappa shape index (κ1) is 13.9. The standard InChI is InChI=1S/C14H20O3/c1-3-8-16-9-10-17-11-14(15)13-6-4-12(2)5-7-13/h4-7H,3,8-11H2,1-2H3. The number of carbonyl (C=O) groups is 1. The Morgan fingerprint density at radius 2 is 1.71 bits per heavy atom. The van der Waals surface area contributed by atoms with E-state index in [-0.39, 0.29) is 12.4 Å². The van der Waals surface area contributed by atoms with Crippen molar-refractivity contribution in [3.05, 3.63) is 35.4 Å². The summed E-state index contributed by atoms with van der Waals surface area (Å²) in [7, 11) is 0. The molecule has 0 radical (unpaired) electrons. The van der Waals surface area contributed by atoms with Crippen LogP contribution in [0.5, 0.6) is 0 Å². The second kappa shape index (κ2) is 7.98. The van der Waals surface area contributed by atoms with Crippen molar-refractivity contribution in [2.75, 3.05) is 26.4 Å². The van der Waals surface area contributed by atoms with E-state index in [1.807, 2.05) is 31.2 Å². The van der Waals surface area contributed by atoms with Crippen LogP contribution in [0.4, 0.5) is 0 Å². The van der Waals surface area contributed by atoms with Crippen LogP contribution in [0.1, 0.15) is 29.3 Å². The number of Topliss-reactive ketones (excluding diaryl/α,β-unsaturated/α-hetero) is 1. The largest absolute Gasteiger partial charge is 0.379 e. The predicted molar refractivity (Wildman–Crippen MR) is 67.4 cm³/mol. The van der Waals surface area contributed by atoms with E-state index in [0.717, 1.165) is 18.6 Å². The van der Waals surface area contributed by atoms with Crippen LogP contribution in [0, 0.1) is 6.92 Å². The lowest BCUT2D eigenvalue weighted by Gasteiger charge is -2.04. The Bertz CT molecular complexity index is 330. The second-order valence-electron chi connectivity index (χ2n) is 3.95. The molecule has 0 aromatic heterocycles. The number of rotatable bonds is 8. The van der Waals surface area contributed by atoms with Crippen molar-refractivity contribution in [1.29, 1.82) is 0 Å². The molecule has 0 aliphatic rings. The van der Waals surface area contributed by atoms with Crippen LogP contribution in [0.2, 0.25) is 0 Å². The molecule has 0 heterocycles. The Hall–Kier alpha value is -1.19. The zero-order valence-corrected chi connectivity index (χ0v) is 10.6. The predicted octanol–water partition coefficient (Wildman–Crippen LogP) is 2.62. The van der Waals surface area contributed by atoms with Gasteiger partial charge in [0.25, 0.3) is 0 Å². The summed E-state index contributed by atoms with van der Waals surface area (Å²) in [5, 5.41) is 0. The fraction of sp³-hybridized carbons (Fsp3) is 0.500. The average Bonchev–Trinajstić information content (AvgIpc) is 2.34. The minimum Gasteiger partial charge on any atom is -0.379 e. The zero-order valence-electron chi connectivity index (χ0n) is 10.6. The highest BCUT2D eigenvalue weighted by atomic mass is 16.5. The fourth-order valence-corrected chi connectivity index (χ4v) is 1.35. The van der Waals surface area contributed by atoms with E-state index in [1.165, 1.54) is 0 Å². The van der Waals surface area contributed by atoms with Crippen molar-refractivity contribution in [1.82, 2.24) is 0 Å². The summed E-state index contributed by atoms with van der Waals surface area (Å²) >= 11 is 0. The molecule has 0 saturated heterocycles. The first-order chi connectivity index (χ1) is 8.24. The Morgan fingerprint density at radius 3 is 2.35 bits per heavy atom. The first-order valence-electron chi connectivity index (χ1n) is 5.99. The van der Waals surface area contributed by atoms with Gasteiger partial charge in [0.05, 0.1) is 13.2 Å². The maximum Gasteiger partial charge on any atom is 0.188 e. The molecule has 0 spiro atoms. The van der Waals surface area contributed by atoms with Gasteiger partial charge in [-0.1, -0.05) is 36.8 Å². The third-order valence-electron chi connectivity index (χ3n) is 2.33. The van der Waals surface area contributed by atoms with Gasteiger partial charge < -0.3 is 9.47 Å². The Kier molecular flexibility index (Phi) is 6.51. The molecule has 0 N–H and O–H groups in total. The summed E-state index contributed by atoms with van der Waals surface area (Å²) in [5.74, 6) is 0.0143. The lowest BCUT2D eigenvalue weighted by atomic mass is 10.1. The van der Waals surface area contributed by atoms with Crippen molar-refractivity contribution < 1.29 is 14.3 Å². The molecule has 3 heteroatoms. The lowest BCUT2D eigenvalue weighted by molar-refractivity contribution is 0.0441. The normalized spacial score (nSPS) is 10.5. The lowest BCUT2D eigenvalue weighted by Crippen LogP contribution is -2.12. The maximum absolute atomic E-state index is 11.7. The third kappa shape index (κ3) is 5.61. The van der Waals surface area contributed by atoms with Gasteiger partial charge in [0.15, 0.2) is 5.78 Å². The molecule has 0 aliphatic heterocycles. The summed E-state index contributed by atoms with van der Waals surface area (Å²) in [5.41, 5.74) is 1.85. The highest BCUT2D eigenvalue weighted by molar-refractivity contribution is 5.97. The van der Waals surface area contributed by atoms with E-state index in [2.05, 4.69) is 6.92 Å². The van der Waals surface area contributed by atoms with Crippen molar-refractivity contribution in [2.45, 2.75) is 20.3 Å². The molecule has 1 aromatic rings. The molecule has 0 fully saturated rings. The van der Waals surface area contributed by atoms with E-state index < -0.39 is 0 Å². The molecule has 3 nitrogen and oxygen atoms in total. The summed E-state index contributed by atoms with van der Waals surface area (Å²) in [6.07, 6.45) is 1.00. The van der Waals surface area contributed by atoms with Gasteiger partial charge in [0.2, 0.25) is 0 Å². The number of carbonyl (C=O) groups excluding carboxylic acids is 1. The van der Waals surface area contributed by atoms with Gasteiger partial charge >= 0.3 is 0 Å². The van der Waals surface area contributed by atoms with Crippen LogP contribution >= 0.6 is 0 Å². The average molecular weight is 236 g/mol. The molecule has 0 unspecified atom stereocenters. The quantitative estimate of drug-likeness (QED) is 0.514. The van der Waals surface area contributed by atoms with Crippen LogP contribution in [-0.2, 0) is 9.47 Å². The van der Waals surface area contributed by atoms with Crippen molar-refractivity contribution >= 4 is 5.78 Å². The summed E-state index contributed by atoms with van der Waals surface area (Å²) in [6.45, 7) is 5.94. The zero-order chi connectivity index (χ0) is 12.5. The Labute approximate surface area is 103 Å². The minimum atomic E-state index is 0.0143. The van der Waals surface area contributed by atoms with Gasteiger partial charge in [0, 0.05) is 12.2 Å². The highest BCUT2D eigenvalue weighted by Crippen LogP contribution is 2.04. The molecular weight excluding hydrogens is 216 g/mol. The molecular formula is C14H20O3. The Morgan fingerprint density at radius 1 is 1.06 bits per heavy atom. The van der Waals surface area contributed by atoms with Gasteiger partial charge in [-0.3, -0.25) is 4.79 Å². The molecule has 1 rings (SSSR count). The fourth-order valence-electron chi connectivity index (χ4n) is 1.35. The highest BCUT2D eigenvalue weighted by Gasteiger charge is 2.04. The SMILES string of the molecule is CCCOCCOCC(=O)c1ccc(C)cc1. The summed E-state index contributed by atoms with van der Waals surface area (Å²) < 4.78 is 10.5. The number of ketones is 1. The number of ether oxygens (including phenoxy) is 2. The van der Waals surface area contributed by atoms with E-state index in [4.69, 9.17) is 9.47 Å². The maximum atomic E-state index is 11.7. The Balaban J connectivity index is 2.19. The molecule has 0 amide bonds. The van der Waals surface area contributed by atoms with E-state index in [9.17, 15) is 4.79 Å². The van der Waals surface area contributed by atoms with Gasteiger partial charge in [0.1, 0.15) is 6.61 Å². The monoisotopic (exact) mass is 236 g/mol. The van der Waals surface area contributed by atoms with Crippen LogP contribution in [-0.4, -0.2) is 32.2 Å². The molecule has 94 valence electrons. The molecule has 17 heavy (non-hydrogen) atoms. The molecule has 1 aromatic carbocycles. The summed E-state index contributed by atoms with van der Waals surface area (Å²) in [4.78, 5) is 11.7. The first-order valence-corrected chi connectivity index (χ1v) is 5.99. The van der Waals surface area contributed by atoms with Crippen molar-refractivity contribution in [3.8, 4) is 0 Å². The molecule has 0 saturated carbocycles. The van der Waals surface area contributed by atoms with E-state index in [0.29, 0.717) is 18.8 Å². The van der Waals surface area contributed by atoms with Gasteiger partial charge in [-0.2, -0.15) is 0 Å².